The molecule has 0 saturated heterocycles. The van der Waals surface area contributed by atoms with Gasteiger partial charge in [-0.1, -0.05) is 31.9 Å². The number of hydrogen-bond acceptors (Lipinski definition) is 2. The first-order chi connectivity index (χ1) is 7.16. The SMILES string of the molecule is CCCC[C@]1(O)C=C[C@H]2CC[C@]1(OC)C2. The fourth-order valence-electron chi connectivity index (χ4n) is 3.17. The van der Waals surface area contributed by atoms with Gasteiger partial charge in [-0.3, -0.25) is 0 Å². The quantitative estimate of drug-likeness (QED) is 0.723. The molecule has 15 heavy (non-hydrogen) atoms. The van der Waals surface area contributed by atoms with E-state index in [2.05, 4.69) is 13.0 Å². The topological polar surface area (TPSA) is 29.5 Å². The van der Waals surface area contributed by atoms with E-state index in [9.17, 15) is 5.11 Å². The Morgan fingerprint density at radius 2 is 2.33 bits per heavy atom. The highest BCUT2D eigenvalue weighted by molar-refractivity contribution is 5.22. The summed E-state index contributed by atoms with van der Waals surface area (Å²) in [5, 5.41) is 10.7. The molecule has 0 aromatic heterocycles. The van der Waals surface area contributed by atoms with Crippen LogP contribution in [0.4, 0.5) is 0 Å². The van der Waals surface area contributed by atoms with Gasteiger partial charge < -0.3 is 9.84 Å². The minimum atomic E-state index is -0.717. The van der Waals surface area contributed by atoms with Gasteiger partial charge in [0.2, 0.25) is 0 Å². The van der Waals surface area contributed by atoms with Gasteiger partial charge in [0.05, 0.1) is 0 Å². The molecule has 3 atom stereocenters. The van der Waals surface area contributed by atoms with Crippen LogP contribution < -0.4 is 0 Å². The van der Waals surface area contributed by atoms with Crippen LogP contribution in [0.15, 0.2) is 12.2 Å². The number of allylic oxidation sites excluding steroid dienone is 1. The van der Waals surface area contributed by atoms with E-state index in [1.807, 2.05) is 6.08 Å². The molecule has 0 aromatic carbocycles. The first kappa shape index (κ1) is 11.2. The van der Waals surface area contributed by atoms with Gasteiger partial charge in [0, 0.05) is 7.11 Å². The van der Waals surface area contributed by atoms with Crippen LogP contribution in [0.3, 0.4) is 0 Å². The lowest BCUT2D eigenvalue weighted by Crippen LogP contribution is -2.54. The van der Waals surface area contributed by atoms with Crippen LogP contribution in [0.2, 0.25) is 0 Å². The van der Waals surface area contributed by atoms with Crippen molar-refractivity contribution in [1.29, 1.82) is 0 Å². The first-order valence-corrected chi connectivity index (χ1v) is 6.13. The maximum absolute atomic E-state index is 10.7. The van der Waals surface area contributed by atoms with Crippen molar-refractivity contribution in [2.75, 3.05) is 7.11 Å². The van der Waals surface area contributed by atoms with Gasteiger partial charge in [-0.25, -0.2) is 0 Å². The van der Waals surface area contributed by atoms with Gasteiger partial charge in [0.1, 0.15) is 11.2 Å². The Bertz CT molecular complexity index is 261. The lowest BCUT2D eigenvalue weighted by molar-refractivity contribution is -0.149. The summed E-state index contributed by atoms with van der Waals surface area (Å²) in [5.41, 5.74) is -1.01. The van der Waals surface area contributed by atoms with Crippen LogP contribution in [0.1, 0.15) is 45.4 Å². The van der Waals surface area contributed by atoms with Crippen LogP contribution in [0.5, 0.6) is 0 Å². The Morgan fingerprint density at radius 1 is 1.53 bits per heavy atom. The molecule has 0 spiro atoms. The lowest BCUT2D eigenvalue weighted by Gasteiger charge is -2.44. The molecule has 2 rings (SSSR count). The summed E-state index contributed by atoms with van der Waals surface area (Å²) in [7, 11) is 1.75. The zero-order valence-corrected chi connectivity index (χ0v) is 9.83. The van der Waals surface area contributed by atoms with Crippen molar-refractivity contribution < 1.29 is 9.84 Å². The lowest BCUT2D eigenvalue weighted by atomic mass is 9.74. The van der Waals surface area contributed by atoms with E-state index in [0.717, 1.165) is 32.1 Å². The normalized spacial score (nSPS) is 43.5. The molecule has 1 N–H and O–H groups in total. The summed E-state index contributed by atoms with van der Waals surface area (Å²) in [6.07, 6.45) is 10.4. The summed E-state index contributed by atoms with van der Waals surface area (Å²) in [5.74, 6) is 0.631. The van der Waals surface area contributed by atoms with E-state index >= 15 is 0 Å². The average Bonchev–Trinajstić information content (AvgIpc) is 2.64. The molecule has 0 aromatic rings. The monoisotopic (exact) mass is 210 g/mol. The van der Waals surface area contributed by atoms with Gasteiger partial charge in [0.15, 0.2) is 0 Å². The Labute approximate surface area is 92.3 Å². The molecule has 2 nitrogen and oxygen atoms in total. The maximum atomic E-state index is 10.7. The Balaban J connectivity index is 2.21. The van der Waals surface area contributed by atoms with E-state index < -0.39 is 5.60 Å². The van der Waals surface area contributed by atoms with Crippen molar-refractivity contribution in [3.63, 3.8) is 0 Å². The smallest absolute Gasteiger partial charge is 0.112 e. The Kier molecular flexibility index (Phi) is 2.91. The van der Waals surface area contributed by atoms with Crippen LogP contribution in [0.25, 0.3) is 0 Å². The number of ether oxygens (including phenoxy) is 1. The van der Waals surface area contributed by atoms with Crippen molar-refractivity contribution in [3.8, 4) is 0 Å². The highest BCUT2D eigenvalue weighted by Crippen LogP contribution is 2.50. The molecule has 1 saturated carbocycles. The standard InChI is InChI=1S/C13H22O2/c1-3-4-7-12(14)8-5-11-6-9-13(12,10-11)15-2/h5,8,11,14H,3-4,6-7,9-10H2,1-2H3/t11-,12-,13-/m0/s1. The molecule has 2 aliphatic carbocycles. The van der Waals surface area contributed by atoms with Crippen LogP contribution in [-0.2, 0) is 4.74 Å². The molecular formula is C13H22O2. The van der Waals surface area contributed by atoms with Gasteiger partial charge in [-0.2, -0.15) is 0 Å². The Morgan fingerprint density at radius 3 is 3.00 bits per heavy atom. The molecule has 86 valence electrons. The minimum absolute atomic E-state index is 0.290. The molecule has 1 fully saturated rings. The van der Waals surface area contributed by atoms with Crippen LogP contribution >= 0.6 is 0 Å². The molecule has 0 heterocycles. The number of unbranched alkanes of at least 4 members (excludes halogenated alkanes) is 1. The summed E-state index contributed by atoms with van der Waals surface area (Å²) >= 11 is 0. The highest BCUT2D eigenvalue weighted by atomic mass is 16.5. The number of fused-ring (bicyclic) bond motifs is 2. The number of rotatable bonds is 4. The van der Waals surface area contributed by atoms with Crippen molar-refractivity contribution in [2.24, 2.45) is 5.92 Å². The fourth-order valence-corrected chi connectivity index (χ4v) is 3.17. The molecule has 2 bridgehead atoms. The summed E-state index contributed by atoms with van der Waals surface area (Å²) in [6.45, 7) is 2.16. The third kappa shape index (κ3) is 1.64. The predicted octanol–water partition coefficient (Wildman–Crippen LogP) is 2.66. The molecule has 0 amide bonds. The summed E-state index contributed by atoms with van der Waals surface area (Å²) in [6, 6.07) is 0. The Hall–Kier alpha value is -0.340. The summed E-state index contributed by atoms with van der Waals surface area (Å²) in [4.78, 5) is 0. The van der Waals surface area contributed by atoms with Crippen molar-refractivity contribution in [1.82, 2.24) is 0 Å². The maximum Gasteiger partial charge on any atom is 0.112 e. The zero-order valence-electron chi connectivity index (χ0n) is 9.83. The predicted molar refractivity (Wildman–Crippen MR) is 60.7 cm³/mol. The molecular weight excluding hydrogens is 188 g/mol. The van der Waals surface area contributed by atoms with E-state index in [1.165, 1.54) is 6.42 Å². The van der Waals surface area contributed by atoms with Crippen molar-refractivity contribution in [2.45, 2.75) is 56.7 Å². The second-order valence-corrected chi connectivity index (χ2v) is 5.09. The van der Waals surface area contributed by atoms with Crippen LogP contribution in [0, 0.1) is 5.92 Å². The van der Waals surface area contributed by atoms with Gasteiger partial charge >= 0.3 is 0 Å². The molecule has 0 unspecified atom stereocenters. The number of hydrogen-bond donors (Lipinski definition) is 1. The average molecular weight is 210 g/mol. The van der Waals surface area contributed by atoms with Gasteiger partial charge in [0.25, 0.3) is 0 Å². The highest BCUT2D eigenvalue weighted by Gasteiger charge is 2.54. The van der Waals surface area contributed by atoms with E-state index in [0.29, 0.717) is 5.92 Å². The van der Waals surface area contributed by atoms with E-state index in [4.69, 9.17) is 4.74 Å². The third-order valence-electron chi connectivity index (χ3n) is 4.25. The van der Waals surface area contributed by atoms with Crippen molar-refractivity contribution in [3.05, 3.63) is 12.2 Å². The van der Waals surface area contributed by atoms with Crippen molar-refractivity contribution >= 4 is 0 Å². The molecule has 2 aliphatic rings. The third-order valence-corrected chi connectivity index (χ3v) is 4.25. The van der Waals surface area contributed by atoms with E-state index in [1.54, 1.807) is 7.11 Å². The molecule has 0 radical (unpaired) electrons. The zero-order chi connectivity index (χ0) is 10.9. The largest absolute Gasteiger partial charge is 0.383 e. The fraction of sp³-hybridized carbons (Fsp3) is 0.846. The molecule has 0 aliphatic heterocycles. The molecule has 2 heteroatoms. The van der Waals surface area contributed by atoms with Gasteiger partial charge in [-0.15, -0.1) is 0 Å². The second-order valence-electron chi connectivity index (χ2n) is 5.09. The number of aliphatic hydroxyl groups is 1. The minimum Gasteiger partial charge on any atom is -0.383 e. The summed E-state index contributed by atoms with van der Waals surface area (Å²) < 4.78 is 5.68. The number of methoxy groups -OCH3 is 1. The second kappa shape index (κ2) is 3.91. The van der Waals surface area contributed by atoms with E-state index in [-0.39, 0.29) is 5.60 Å². The first-order valence-electron chi connectivity index (χ1n) is 6.13. The van der Waals surface area contributed by atoms with Crippen LogP contribution in [-0.4, -0.2) is 23.4 Å². The van der Waals surface area contributed by atoms with Gasteiger partial charge in [-0.05, 0) is 31.6 Å².